The Morgan fingerprint density at radius 1 is 1.19 bits per heavy atom. The van der Waals surface area contributed by atoms with Crippen molar-refractivity contribution in [3.05, 3.63) is 42.1 Å². The first-order valence-electron chi connectivity index (χ1n) is 7.31. The van der Waals surface area contributed by atoms with Gasteiger partial charge in [-0.2, -0.15) is 5.10 Å². The third kappa shape index (κ3) is 3.07. The third-order valence-corrected chi connectivity index (χ3v) is 3.66. The zero-order valence-corrected chi connectivity index (χ0v) is 12.6. The molecule has 0 aliphatic carbocycles. The highest BCUT2D eigenvalue weighted by Crippen LogP contribution is 2.21. The topological polar surface area (TPSA) is 45.5 Å². The van der Waals surface area contributed by atoms with Crippen LogP contribution in [0.15, 0.2) is 41.5 Å². The maximum absolute atomic E-state index is 4.59. The molecule has 5 heteroatoms. The van der Waals surface area contributed by atoms with E-state index in [-0.39, 0.29) is 0 Å². The molecule has 1 N–H and O–H groups in total. The third-order valence-electron chi connectivity index (χ3n) is 3.66. The molecule has 0 spiro atoms. The van der Waals surface area contributed by atoms with E-state index in [0.29, 0.717) is 0 Å². The van der Waals surface area contributed by atoms with E-state index in [0.717, 1.165) is 43.3 Å². The van der Waals surface area contributed by atoms with E-state index in [4.69, 9.17) is 0 Å². The van der Waals surface area contributed by atoms with Crippen molar-refractivity contribution in [2.45, 2.75) is 13.0 Å². The van der Waals surface area contributed by atoms with Gasteiger partial charge in [-0.05, 0) is 6.42 Å². The molecule has 0 fully saturated rings. The predicted molar refractivity (Wildman–Crippen MR) is 85.0 cm³/mol. The van der Waals surface area contributed by atoms with Gasteiger partial charge >= 0.3 is 0 Å². The summed E-state index contributed by atoms with van der Waals surface area (Å²) in [6, 6.07) is 10.3. The van der Waals surface area contributed by atoms with E-state index in [1.807, 2.05) is 29.9 Å². The summed E-state index contributed by atoms with van der Waals surface area (Å²) in [6.45, 7) is 2.71. The number of nitrogens with zero attached hydrogens (tertiary/aromatic N) is 4. The Labute approximate surface area is 125 Å². The zero-order valence-electron chi connectivity index (χ0n) is 12.6. The van der Waals surface area contributed by atoms with Gasteiger partial charge in [-0.15, -0.1) is 0 Å². The lowest BCUT2D eigenvalue weighted by atomic mass is 10.1. The minimum absolute atomic E-state index is 0.737. The van der Waals surface area contributed by atoms with Crippen LogP contribution in [0.4, 0.5) is 0 Å². The molecule has 0 amide bonds. The van der Waals surface area contributed by atoms with Gasteiger partial charge in [0, 0.05) is 51.1 Å². The number of nitrogens with one attached hydrogen (secondary N) is 1. The highest BCUT2D eigenvalue weighted by atomic mass is 15.3. The summed E-state index contributed by atoms with van der Waals surface area (Å²) in [7, 11) is 4.03. The number of aryl methyl sites for hydroxylation is 1. The van der Waals surface area contributed by atoms with E-state index >= 15 is 0 Å². The number of hydrogen-bond donors (Lipinski definition) is 1. The Hall–Kier alpha value is -2.30. The Kier molecular flexibility index (Phi) is 3.90. The Morgan fingerprint density at radius 3 is 2.76 bits per heavy atom. The van der Waals surface area contributed by atoms with Gasteiger partial charge in [0.05, 0.1) is 5.69 Å². The van der Waals surface area contributed by atoms with E-state index in [2.05, 4.69) is 45.7 Å². The average molecular weight is 283 g/mol. The Morgan fingerprint density at radius 2 is 2.00 bits per heavy atom. The van der Waals surface area contributed by atoms with Gasteiger partial charge in [-0.1, -0.05) is 30.3 Å². The normalized spacial score (nSPS) is 15.0. The number of rotatable bonds is 3. The van der Waals surface area contributed by atoms with Crippen LogP contribution in [0.3, 0.4) is 0 Å². The molecule has 0 atom stereocenters. The monoisotopic (exact) mass is 283 g/mol. The quantitative estimate of drug-likeness (QED) is 0.935. The van der Waals surface area contributed by atoms with E-state index in [9.17, 15) is 0 Å². The molecule has 0 saturated carbocycles. The molecular formula is C16H21N5. The summed E-state index contributed by atoms with van der Waals surface area (Å²) in [5.74, 6) is 0.976. The second-order valence-corrected chi connectivity index (χ2v) is 5.38. The molecule has 21 heavy (non-hydrogen) atoms. The molecule has 5 nitrogen and oxygen atoms in total. The number of aliphatic imine (C=N–C) groups is 1. The minimum Gasteiger partial charge on any atom is -0.352 e. The fraction of sp³-hybridized carbons (Fsp3) is 0.375. The lowest BCUT2D eigenvalue weighted by Crippen LogP contribution is -2.41. The summed E-state index contributed by atoms with van der Waals surface area (Å²) in [4.78, 5) is 6.71. The standard InChI is InChI=1S/C16H21N5/c1-20-10-6-9-17-16(20)18-11-14-12-21(2)19-15(14)13-7-4-3-5-8-13/h3-5,7-8,12H,6,9-11H2,1-2H3,(H,17,18). The van der Waals surface area contributed by atoms with Crippen molar-refractivity contribution in [3.8, 4) is 11.3 Å². The van der Waals surface area contributed by atoms with Gasteiger partial charge in [0.2, 0.25) is 0 Å². The first-order chi connectivity index (χ1) is 10.2. The molecule has 0 unspecified atom stereocenters. The largest absolute Gasteiger partial charge is 0.352 e. The van der Waals surface area contributed by atoms with Gasteiger partial charge in [-0.25, -0.2) is 0 Å². The lowest BCUT2D eigenvalue weighted by Gasteiger charge is -2.25. The summed E-state index contributed by atoms with van der Waals surface area (Å²) in [5, 5.41) is 8.02. The Bertz CT molecular complexity index is 629. The van der Waals surface area contributed by atoms with Crippen molar-refractivity contribution in [3.63, 3.8) is 0 Å². The number of guanidine groups is 1. The molecule has 1 aromatic heterocycles. The van der Waals surface area contributed by atoms with Crippen LogP contribution in [0.5, 0.6) is 0 Å². The molecule has 0 saturated heterocycles. The minimum atomic E-state index is 0.737. The molecule has 2 heterocycles. The van der Waals surface area contributed by atoms with E-state index in [1.54, 1.807) is 0 Å². The van der Waals surface area contributed by atoms with Crippen LogP contribution in [-0.4, -0.2) is 40.8 Å². The van der Waals surface area contributed by atoms with Crippen LogP contribution in [0.1, 0.15) is 12.0 Å². The van der Waals surface area contributed by atoms with Crippen LogP contribution in [0, 0.1) is 0 Å². The summed E-state index contributed by atoms with van der Waals surface area (Å²) in [5.41, 5.74) is 3.36. The van der Waals surface area contributed by atoms with E-state index in [1.165, 1.54) is 5.56 Å². The molecule has 0 bridgehead atoms. The average Bonchev–Trinajstić information content (AvgIpc) is 2.88. The van der Waals surface area contributed by atoms with Gasteiger partial charge < -0.3 is 10.2 Å². The summed E-state index contributed by atoms with van der Waals surface area (Å²) in [6.07, 6.45) is 3.20. The van der Waals surface area contributed by atoms with Crippen LogP contribution in [0.25, 0.3) is 11.3 Å². The van der Waals surface area contributed by atoms with Crippen LogP contribution >= 0.6 is 0 Å². The first-order valence-corrected chi connectivity index (χ1v) is 7.31. The van der Waals surface area contributed by atoms with Gasteiger partial charge in [0.25, 0.3) is 0 Å². The van der Waals surface area contributed by atoms with Crippen molar-refractivity contribution in [2.24, 2.45) is 12.0 Å². The number of aromatic nitrogens is 2. The molecular weight excluding hydrogens is 262 g/mol. The van der Waals surface area contributed by atoms with E-state index < -0.39 is 0 Å². The highest BCUT2D eigenvalue weighted by molar-refractivity contribution is 5.80. The fourth-order valence-corrected chi connectivity index (χ4v) is 2.59. The lowest BCUT2D eigenvalue weighted by molar-refractivity contribution is 0.446. The Balaban J connectivity index is 1.78. The van der Waals surface area contributed by atoms with Crippen molar-refractivity contribution in [1.29, 1.82) is 0 Å². The molecule has 1 aromatic carbocycles. The van der Waals surface area contributed by atoms with Gasteiger partial charge in [0.1, 0.15) is 0 Å². The van der Waals surface area contributed by atoms with Crippen LogP contribution in [-0.2, 0) is 13.6 Å². The molecule has 3 rings (SSSR count). The smallest absolute Gasteiger partial charge is 0.193 e. The maximum atomic E-state index is 4.59. The predicted octanol–water partition coefficient (Wildman–Crippen LogP) is 1.87. The molecule has 110 valence electrons. The fourth-order valence-electron chi connectivity index (χ4n) is 2.59. The van der Waals surface area contributed by atoms with Crippen LogP contribution < -0.4 is 5.32 Å². The maximum Gasteiger partial charge on any atom is 0.193 e. The van der Waals surface area contributed by atoms with Crippen molar-refractivity contribution >= 4 is 5.96 Å². The molecule has 1 aliphatic heterocycles. The number of benzene rings is 1. The zero-order chi connectivity index (χ0) is 14.7. The SMILES string of the molecule is CN1CCCN=C1NCc1cn(C)nc1-c1ccccc1. The highest BCUT2D eigenvalue weighted by Gasteiger charge is 2.13. The molecule has 1 aliphatic rings. The van der Waals surface area contributed by atoms with Crippen molar-refractivity contribution in [2.75, 3.05) is 20.1 Å². The van der Waals surface area contributed by atoms with Gasteiger partial charge in [0.15, 0.2) is 5.96 Å². The summed E-state index contributed by atoms with van der Waals surface area (Å²) >= 11 is 0. The molecule has 2 aromatic rings. The van der Waals surface area contributed by atoms with Crippen molar-refractivity contribution in [1.82, 2.24) is 20.0 Å². The molecule has 0 radical (unpaired) electrons. The first kappa shape index (κ1) is 13.7. The number of hydrogen-bond acceptors (Lipinski definition) is 4. The van der Waals surface area contributed by atoms with Gasteiger partial charge in [-0.3, -0.25) is 9.67 Å². The second-order valence-electron chi connectivity index (χ2n) is 5.38. The van der Waals surface area contributed by atoms with Crippen LogP contribution in [0.2, 0.25) is 0 Å². The summed E-state index contributed by atoms with van der Waals surface area (Å²) < 4.78 is 1.87. The van der Waals surface area contributed by atoms with Crippen molar-refractivity contribution < 1.29 is 0 Å². The second kappa shape index (κ2) is 5.99.